The molecule has 0 aliphatic carbocycles. The van der Waals surface area contributed by atoms with Crippen molar-refractivity contribution in [2.24, 2.45) is 5.73 Å². The number of hydrogen-bond acceptors (Lipinski definition) is 3. The van der Waals surface area contributed by atoms with Crippen LogP contribution in [0.4, 0.5) is 5.69 Å². The van der Waals surface area contributed by atoms with E-state index in [1.807, 2.05) is 23.1 Å². The van der Waals surface area contributed by atoms with Crippen molar-refractivity contribution in [1.82, 2.24) is 4.90 Å². The summed E-state index contributed by atoms with van der Waals surface area (Å²) in [5, 5.41) is 0. The second-order valence-electron chi connectivity index (χ2n) is 4.80. The number of para-hydroxylation sites is 1. The number of likely N-dealkylation sites (N-methyl/N-ethyl adjacent to an activating group) is 1. The molecular weight excluding hydrogens is 226 g/mol. The number of fused-ring (bicyclic) bond motifs is 1. The molecule has 2 rings (SSSR count). The van der Waals surface area contributed by atoms with Crippen molar-refractivity contribution >= 4 is 11.6 Å². The van der Waals surface area contributed by atoms with E-state index in [1.165, 1.54) is 5.56 Å². The molecular formula is C14H21N3O. The molecule has 0 fully saturated rings. The Balaban J connectivity index is 2.23. The highest BCUT2D eigenvalue weighted by Gasteiger charge is 2.21. The van der Waals surface area contributed by atoms with Gasteiger partial charge < -0.3 is 15.5 Å². The zero-order valence-electron chi connectivity index (χ0n) is 10.9. The van der Waals surface area contributed by atoms with Gasteiger partial charge in [0.05, 0.1) is 0 Å². The molecule has 0 atom stereocenters. The van der Waals surface area contributed by atoms with Gasteiger partial charge in [-0.2, -0.15) is 0 Å². The monoisotopic (exact) mass is 247 g/mol. The largest absolute Gasteiger partial charge is 0.330 e. The van der Waals surface area contributed by atoms with Gasteiger partial charge in [-0.25, -0.2) is 0 Å². The van der Waals surface area contributed by atoms with Crippen LogP contribution in [0.25, 0.3) is 0 Å². The Bertz CT molecular complexity index is 419. The molecule has 1 aromatic carbocycles. The topological polar surface area (TPSA) is 49.6 Å². The molecule has 0 aromatic heterocycles. The SMILES string of the molecule is CN1CCN(C(=O)CCCN)c2ccccc2C1. The van der Waals surface area contributed by atoms with Crippen molar-refractivity contribution in [3.8, 4) is 0 Å². The van der Waals surface area contributed by atoms with E-state index in [4.69, 9.17) is 5.73 Å². The Labute approximate surface area is 108 Å². The summed E-state index contributed by atoms with van der Waals surface area (Å²) in [6.45, 7) is 3.14. The standard InChI is InChI=1S/C14H21N3O/c1-16-9-10-17(14(18)7-4-8-15)13-6-3-2-5-12(13)11-16/h2-3,5-6H,4,7-11,15H2,1H3. The molecule has 1 amide bonds. The van der Waals surface area contributed by atoms with Crippen LogP contribution in [-0.4, -0.2) is 37.5 Å². The van der Waals surface area contributed by atoms with Crippen LogP contribution in [0.2, 0.25) is 0 Å². The number of nitrogens with zero attached hydrogens (tertiary/aromatic N) is 2. The van der Waals surface area contributed by atoms with Gasteiger partial charge in [-0.15, -0.1) is 0 Å². The van der Waals surface area contributed by atoms with E-state index >= 15 is 0 Å². The molecule has 1 aliphatic heterocycles. The molecule has 98 valence electrons. The zero-order valence-corrected chi connectivity index (χ0v) is 10.9. The number of anilines is 1. The van der Waals surface area contributed by atoms with E-state index in [-0.39, 0.29) is 5.91 Å². The van der Waals surface area contributed by atoms with Gasteiger partial charge in [0.1, 0.15) is 0 Å². The van der Waals surface area contributed by atoms with E-state index in [2.05, 4.69) is 18.0 Å². The maximum atomic E-state index is 12.2. The lowest BCUT2D eigenvalue weighted by Crippen LogP contribution is -2.35. The Morgan fingerprint density at radius 2 is 2.11 bits per heavy atom. The van der Waals surface area contributed by atoms with Crippen LogP contribution >= 0.6 is 0 Å². The summed E-state index contributed by atoms with van der Waals surface area (Å²) in [4.78, 5) is 16.4. The highest BCUT2D eigenvalue weighted by molar-refractivity contribution is 5.94. The molecule has 1 heterocycles. The first kappa shape index (κ1) is 13.1. The summed E-state index contributed by atoms with van der Waals surface area (Å²) in [6, 6.07) is 8.16. The number of benzene rings is 1. The predicted molar refractivity (Wildman–Crippen MR) is 73.4 cm³/mol. The summed E-state index contributed by atoms with van der Waals surface area (Å²) in [7, 11) is 2.09. The first-order valence-electron chi connectivity index (χ1n) is 6.49. The van der Waals surface area contributed by atoms with Crippen LogP contribution in [0, 0.1) is 0 Å². The maximum absolute atomic E-state index is 12.2. The summed E-state index contributed by atoms with van der Waals surface area (Å²) >= 11 is 0. The Kier molecular flexibility index (Phi) is 4.33. The molecule has 0 bridgehead atoms. The zero-order chi connectivity index (χ0) is 13.0. The highest BCUT2D eigenvalue weighted by Crippen LogP contribution is 2.25. The quantitative estimate of drug-likeness (QED) is 0.873. The maximum Gasteiger partial charge on any atom is 0.227 e. The fourth-order valence-electron chi connectivity index (χ4n) is 2.32. The molecule has 18 heavy (non-hydrogen) atoms. The number of carbonyl (C=O) groups is 1. The number of nitrogens with two attached hydrogens (primary N) is 1. The molecule has 4 heteroatoms. The van der Waals surface area contributed by atoms with E-state index in [9.17, 15) is 4.79 Å². The van der Waals surface area contributed by atoms with Crippen molar-refractivity contribution < 1.29 is 4.79 Å². The van der Waals surface area contributed by atoms with Gasteiger partial charge in [-0.05, 0) is 31.6 Å². The third-order valence-electron chi connectivity index (χ3n) is 3.32. The van der Waals surface area contributed by atoms with Gasteiger partial charge in [0.15, 0.2) is 0 Å². The lowest BCUT2D eigenvalue weighted by molar-refractivity contribution is -0.118. The first-order valence-corrected chi connectivity index (χ1v) is 6.49. The second kappa shape index (κ2) is 5.98. The molecule has 0 radical (unpaired) electrons. The molecule has 1 aliphatic rings. The molecule has 1 aromatic rings. The van der Waals surface area contributed by atoms with Crippen molar-refractivity contribution in [2.45, 2.75) is 19.4 Å². The summed E-state index contributed by atoms with van der Waals surface area (Å²) in [5.74, 6) is 0.184. The molecule has 4 nitrogen and oxygen atoms in total. The third kappa shape index (κ3) is 2.89. The lowest BCUT2D eigenvalue weighted by atomic mass is 10.1. The predicted octanol–water partition coefficient (Wildman–Crippen LogP) is 1.20. The lowest BCUT2D eigenvalue weighted by Gasteiger charge is -2.22. The summed E-state index contributed by atoms with van der Waals surface area (Å²) < 4.78 is 0. The first-order chi connectivity index (χ1) is 8.72. The minimum absolute atomic E-state index is 0.184. The van der Waals surface area contributed by atoms with Crippen LogP contribution in [0.5, 0.6) is 0 Å². The van der Waals surface area contributed by atoms with E-state index in [0.717, 1.165) is 31.7 Å². The van der Waals surface area contributed by atoms with Gasteiger partial charge in [-0.3, -0.25) is 4.79 Å². The molecule has 2 N–H and O–H groups in total. The van der Waals surface area contributed by atoms with E-state index in [0.29, 0.717) is 13.0 Å². The molecule has 0 saturated heterocycles. The molecule has 0 saturated carbocycles. The normalized spacial score (nSPS) is 16.2. The van der Waals surface area contributed by atoms with Crippen LogP contribution in [0.1, 0.15) is 18.4 Å². The van der Waals surface area contributed by atoms with Crippen molar-refractivity contribution in [3.63, 3.8) is 0 Å². The molecule has 0 spiro atoms. The minimum atomic E-state index is 0.184. The fourth-order valence-corrected chi connectivity index (χ4v) is 2.32. The number of amides is 1. The third-order valence-corrected chi connectivity index (χ3v) is 3.32. The number of rotatable bonds is 3. The highest BCUT2D eigenvalue weighted by atomic mass is 16.2. The average molecular weight is 247 g/mol. The van der Waals surface area contributed by atoms with E-state index in [1.54, 1.807) is 0 Å². The van der Waals surface area contributed by atoms with Crippen LogP contribution < -0.4 is 10.6 Å². The minimum Gasteiger partial charge on any atom is -0.330 e. The van der Waals surface area contributed by atoms with Crippen molar-refractivity contribution in [2.75, 3.05) is 31.6 Å². The fraction of sp³-hybridized carbons (Fsp3) is 0.500. The van der Waals surface area contributed by atoms with Gasteiger partial charge >= 0.3 is 0 Å². The molecule has 0 unspecified atom stereocenters. The van der Waals surface area contributed by atoms with Gasteiger partial charge in [0, 0.05) is 31.7 Å². The van der Waals surface area contributed by atoms with Gasteiger partial charge in [0.25, 0.3) is 0 Å². The summed E-state index contributed by atoms with van der Waals surface area (Å²) in [5.41, 5.74) is 7.75. The summed E-state index contributed by atoms with van der Waals surface area (Å²) in [6.07, 6.45) is 1.29. The Morgan fingerprint density at radius 1 is 1.33 bits per heavy atom. The number of hydrogen-bond donors (Lipinski definition) is 1. The van der Waals surface area contributed by atoms with Crippen molar-refractivity contribution in [3.05, 3.63) is 29.8 Å². The van der Waals surface area contributed by atoms with Crippen LogP contribution in [0.3, 0.4) is 0 Å². The van der Waals surface area contributed by atoms with Gasteiger partial charge in [-0.1, -0.05) is 18.2 Å². The smallest absolute Gasteiger partial charge is 0.227 e. The second-order valence-corrected chi connectivity index (χ2v) is 4.80. The Morgan fingerprint density at radius 3 is 2.89 bits per heavy atom. The number of carbonyl (C=O) groups excluding carboxylic acids is 1. The Hall–Kier alpha value is -1.39. The van der Waals surface area contributed by atoms with Crippen LogP contribution in [-0.2, 0) is 11.3 Å². The average Bonchev–Trinajstić information content (AvgIpc) is 2.54. The van der Waals surface area contributed by atoms with Gasteiger partial charge in [0.2, 0.25) is 5.91 Å². The van der Waals surface area contributed by atoms with Crippen molar-refractivity contribution in [1.29, 1.82) is 0 Å². The van der Waals surface area contributed by atoms with E-state index < -0.39 is 0 Å². The van der Waals surface area contributed by atoms with Crippen LogP contribution in [0.15, 0.2) is 24.3 Å².